The fraction of sp³-hybridized carbons (Fsp3) is 0.333. The Hall–Kier alpha value is -3.24. The topological polar surface area (TPSA) is 128 Å². The van der Waals surface area contributed by atoms with E-state index in [1.807, 2.05) is 0 Å². The van der Waals surface area contributed by atoms with Gasteiger partial charge in [0.25, 0.3) is 5.91 Å². The van der Waals surface area contributed by atoms with Gasteiger partial charge in [0.2, 0.25) is 5.75 Å². The van der Waals surface area contributed by atoms with E-state index < -0.39 is 11.9 Å². The van der Waals surface area contributed by atoms with Crippen LogP contribution in [-0.4, -0.2) is 53.0 Å². The zero-order valence-corrected chi connectivity index (χ0v) is 20.3. The van der Waals surface area contributed by atoms with Gasteiger partial charge in [-0.3, -0.25) is 4.79 Å². The van der Waals surface area contributed by atoms with Gasteiger partial charge < -0.3 is 39.5 Å². The predicted molar refractivity (Wildman–Crippen MR) is 128 cm³/mol. The minimum atomic E-state index is -0.531. The Morgan fingerprint density at radius 3 is 2.00 bits per heavy atom. The number of nitrogen functional groups attached to an aromatic ring is 1. The molecule has 1 amide bonds. The number of nitrogens with one attached hydrogen (secondary N) is 1. The van der Waals surface area contributed by atoms with Crippen molar-refractivity contribution in [1.82, 2.24) is 0 Å². The summed E-state index contributed by atoms with van der Waals surface area (Å²) in [5, 5.41) is 2.69. The van der Waals surface area contributed by atoms with E-state index in [9.17, 15) is 9.59 Å². The Bertz CT molecular complexity index is 902. The first-order valence-electron chi connectivity index (χ1n) is 9.32. The number of halogens is 2. The van der Waals surface area contributed by atoms with E-state index >= 15 is 0 Å². The van der Waals surface area contributed by atoms with Crippen LogP contribution in [0, 0.1) is 0 Å². The van der Waals surface area contributed by atoms with Gasteiger partial charge in [0.05, 0.1) is 27.9 Å². The quantitative estimate of drug-likeness (QED) is 0.348. The summed E-state index contributed by atoms with van der Waals surface area (Å²) in [7, 11) is 4.44. The fourth-order valence-corrected chi connectivity index (χ4v) is 2.59. The number of ether oxygens (including phenoxy) is 6. The van der Waals surface area contributed by atoms with Gasteiger partial charge >= 0.3 is 5.97 Å². The SMILES string of the molecule is CCOC(=O)COc1cc(N)ccc1OCC(=O)Nc1cc(OC)c(OC)c(OC)c1.Cl.Cl. The predicted octanol–water partition coefficient (Wildman–Crippen LogP) is 3.10. The molecule has 2 aromatic carbocycles. The standard InChI is InChI=1S/C21H26N2O8.2ClH/c1-5-29-20(25)12-31-16-8-13(22)6-7-15(16)30-11-19(24)23-14-9-17(26-2)21(28-4)18(10-14)27-3;;/h6-10H,5,11-12,22H2,1-4H3,(H,23,24);2*1H. The second-order valence-electron chi connectivity index (χ2n) is 6.05. The van der Waals surface area contributed by atoms with Crippen LogP contribution in [0.5, 0.6) is 28.7 Å². The summed E-state index contributed by atoms with van der Waals surface area (Å²) in [5.74, 6) is 0.688. The molecule has 0 saturated heterocycles. The number of nitrogens with two attached hydrogens (primary N) is 1. The molecule has 0 aromatic heterocycles. The Morgan fingerprint density at radius 1 is 0.848 bits per heavy atom. The first-order chi connectivity index (χ1) is 14.9. The minimum absolute atomic E-state index is 0. The molecule has 0 saturated carbocycles. The lowest BCUT2D eigenvalue weighted by Gasteiger charge is -2.15. The number of methoxy groups -OCH3 is 3. The maximum absolute atomic E-state index is 12.4. The van der Waals surface area contributed by atoms with E-state index in [4.69, 9.17) is 34.2 Å². The van der Waals surface area contributed by atoms with Crippen molar-refractivity contribution in [3.63, 3.8) is 0 Å². The molecule has 10 nitrogen and oxygen atoms in total. The Balaban J connectivity index is 0.00000512. The molecule has 0 atom stereocenters. The number of carbonyl (C=O) groups is 2. The second-order valence-corrected chi connectivity index (χ2v) is 6.05. The maximum Gasteiger partial charge on any atom is 0.344 e. The Labute approximate surface area is 204 Å². The summed E-state index contributed by atoms with van der Waals surface area (Å²) in [4.78, 5) is 23.9. The highest BCUT2D eigenvalue weighted by atomic mass is 35.5. The zero-order valence-electron chi connectivity index (χ0n) is 18.7. The Kier molecular flexibility index (Phi) is 13.3. The number of amides is 1. The fourth-order valence-electron chi connectivity index (χ4n) is 2.59. The first kappa shape index (κ1) is 29.8. The molecular formula is C21H28Cl2N2O8. The van der Waals surface area contributed by atoms with Crippen molar-refractivity contribution in [2.75, 3.05) is 52.2 Å². The number of benzene rings is 2. The molecule has 33 heavy (non-hydrogen) atoms. The highest BCUT2D eigenvalue weighted by Gasteiger charge is 2.16. The van der Waals surface area contributed by atoms with Gasteiger partial charge in [-0.15, -0.1) is 24.8 Å². The molecule has 0 aliphatic heterocycles. The van der Waals surface area contributed by atoms with Crippen LogP contribution in [-0.2, 0) is 14.3 Å². The summed E-state index contributed by atoms with van der Waals surface area (Å²) in [6.45, 7) is 1.30. The minimum Gasteiger partial charge on any atom is -0.493 e. The van der Waals surface area contributed by atoms with Gasteiger partial charge in [0, 0.05) is 29.6 Å². The van der Waals surface area contributed by atoms with E-state index in [-0.39, 0.29) is 56.1 Å². The normalized spacial score (nSPS) is 9.45. The molecule has 2 aromatic rings. The summed E-state index contributed by atoms with van der Waals surface area (Å²) < 4.78 is 31.6. The lowest BCUT2D eigenvalue weighted by molar-refractivity contribution is -0.145. The Morgan fingerprint density at radius 2 is 1.45 bits per heavy atom. The number of anilines is 2. The van der Waals surface area contributed by atoms with Gasteiger partial charge in [-0.1, -0.05) is 0 Å². The van der Waals surface area contributed by atoms with Crippen LogP contribution >= 0.6 is 24.8 Å². The average Bonchev–Trinajstić information content (AvgIpc) is 2.76. The average molecular weight is 507 g/mol. The molecule has 0 radical (unpaired) electrons. The highest BCUT2D eigenvalue weighted by molar-refractivity contribution is 5.92. The number of esters is 1. The summed E-state index contributed by atoms with van der Waals surface area (Å²) in [5.41, 5.74) is 6.60. The van der Waals surface area contributed by atoms with E-state index in [0.29, 0.717) is 28.6 Å². The van der Waals surface area contributed by atoms with Crippen LogP contribution in [0.1, 0.15) is 6.92 Å². The highest BCUT2D eigenvalue weighted by Crippen LogP contribution is 2.40. The smallest absolute Gasteiger partial charge is 0.344 e. The molecule has 0 spiro atoms. The molecule has 12 heteroatoms. The summed E-state index contributed by atoms with van der Waals surface area (Å²) in [6.07, 6.45) is 0. The molecule has 0 aliphatic carbocycles. The molecule has 0 aliphatic rings. The zero-order chi connectivity index (χ0) is 22.8. The van der Waals surface area contributed by atoms with Crippen molar-refractivity contribution in [2.24, 2.45) is 0 Å². The molecule has 2 rings (SSSR count). The van der Waals surface area contributed by atoms with Gasteiger partial charge in [-0.25, -0.2) is 4.79 Å². The lowest BCUT2D eigenvalue weighted by atomic mass is 10.2. The van der Waals surface area contributed by atoms with Gasteiger partial charge in [-0.2, -0.15) is 0 Å². The molecule has 0 fully saturated rings. The first-order valence-corrected chi connectivity index (χ1v) is 9.32. The van der Waals surface area contributed by atoms with Crippen molar-refractivity contribution in [3.05, 3.63) is 30.3 Å². The number of hydrogen-bond acceptors (Lipinski definition) is 9. The van der Waals surface area contributed by atoms with Gasteiger partial charge in [-0.05, 0) is 19.1 Å². The van der Waals surface area contributed by atoms with Crippen molar-refractivity contribution in [2.45, 2.75) is 6.92 Å². The van der Waals surface area contributed by atoms with Gasteiger partial charge in [0.15, 0.2) is 36.2 Å². The summed E-state index contributed by atoms with van der Waals surface area (Å²) >= 11 is 0. The van der Waals surface area contributed by atoms with Crippen molar-refractivity contribution in [3.8, 4) is 28.7 Å². The van der Waals surface area contributed by atoms with Crippen LogP contribution in [0.4, 0.5) is 11.4 Å². The van der Waals surface area contributed by atoms with Gasteiger partial charge in [0.1, 0.15) is 0 Å². The van der Waals surface area contributed by atoms with E-state index in [1.54, 1.807) is 31.2 Å². The molecule has 0 bridgehead atoms. The van der Waals surface area contributed by atoms with Crippen LogP contribution in [0.25, 0.3) is 0 Å². The van der Waals surface area contributed by atoms with E-state index in [2.05, 4.69) is 5.32 Å². The molecule has 0 unspecified atom stereocenters. The summed E-state index contributed by atoms with van der Waals surface area (Å²) in [6, 6.07) is 7.81. The van der Waals surface area contributed by atoms with Crippen LogP contribution < -0.4 is 34.7 Å². The number of rotatable bonds is 11. The lowest BCUT2D eigenvalue weighted by Crippen LogP contribution is -2.21. The molecule has 184 valence electrons. The third-order valence-corrected chi connectivity index (χ3v) is 3.93. The molecule has 3 N–H and O–H groups in total. The second kappa shape index (κ2) is 14.8. The third kappa shape index (κ3) is 8.66. The van der Waals surface area contributed by atoms with E-state index in [0.717, 1.165) is 0 Å². The monoisotopic (exact) mass is 506 g/mol. The van der Waals surface area contributed by atoms with Crippen LogP contribution in [0.2, 0.25) is 0 Å². The number of hydrogen-bond donors (Lipinski definition) is 2. The van der Waals surface area contributed by atoms with Crippen LogP contribution in [0.3, 0.4) is 0 Å². The maximum atomic E-state index is 12.4. The van der Waals surface area contributed by atoms with E-state index in [1.165, 1.54) is 27.4 Å². The third-order valence-electron chi connectivity index (χ3n) is 3.93. The largest absolute Gasteiger partial charge is 0.493 e. The number of carbonyl (C=O) groups excluding carboxylic acids is 2. The molecular weight excluding hydrogens is 479 g/mol. The van der Waals surface area contributed by atoms with Crippen molar-refractivity contribution < 1.29 is 38.0 Å². The van der Waals surface area contributed by atoms with Crippen LogP contribution in [0.15, 0.2) is 30.3 Å². The van der Waals surface area contributed by atoms with Crippen molar-refractivity contribution in [1.29, 1.82) is 0 Å². The molecule has 0 heterocycles. The van der Waals surface area contributed by atoms with Crippen molar-refractivity contribution >= 4 is 48.1 Å².